The van der Waals surface area contributed by atoms with Crippen LogP contribution in [0.5, 0.6) is 0 Å². The second kappa shape index (κ2) is 5.14. The van der Waals surface area contributed by atoms with Crippen molar-refractivity contribution < 1.29 is 19.4 Å². The van der Waals surface area contributed by atoms with E-state index in [1.54, 1.807) is 13.0 Å². The Labute approximate surface area is 95.3 Å². The maximum Gasteiger partial charge on any atom is 0.506 e. The molecule has 2 unspecified atom stereocenters. The van der Waals surface area contributed by atoms with Crippen LogP contribution < -0.4 is 0 Å². The Balaban J connectivity index is 2.64. The monoisotopic (exact) mass is 226 g/mol. The molecule has 16 heavy (non-hydrogen) atoms. The van der Waals surface area contributed by atoms with Crippen LogP contribution in [0.3, 0.4) is 0 Å². The number of carboxylic acid groups (broad SMARTS) is 1. The Morgan fingerprint density at radius 1 is 1.50 bits per heavy atom. The van der Waals surface area contributed by atoms with Gasteiger partial charge in [0.1, 0.15) is 11.9 Å². The number of ketones is 1. The van der Waals surface area contributed by atoms with Crippen LogP contribution in [-0.4, -0.2) is 23.1 Å². The molecule has 4 nitrogen and oxygen atoms in total. The van der Waals surface area contributed by atoms with E-state index in [2.05, 4.69) is 0 Å². The molecule has 0 aliphatic heterocycles. The molecule has 90 valence electrons. The smallest absolute Gasteiger partial charge is 0.450 e. The minimum absolute atomic E-state index is 0.190. The van der Waals surface area contributed by atoms with Gasteiger partial charge in [-0.2, -0.15) is 0 Å². The summed E-state index contributed by atoms with van der Waals surface area (Å²) >= 11 is 0. The minimum atomic E-state index is -1.25. The van der Waals surface area contributed by atoms with Gasteiger partial charge in [-0.1, -0.05) is 13.0 Å². The maximum atomic E-state index is 11.5. The van der Waals surface area contributed by atoms with E-state index in [1.165, 1.54) is 0 Å². The second-order valence-corrected chi connectivity index (χ2v) is 4.56. The fraction of sp³-hybridized carbons (Fsp3) is 0.667. The zero-order valence-corrected chi connectivity index (χ0v) is 9.73. The Morgan fingerprint density at radius 2 is 2.19 bits per heavy atom. The summed E-state index contributed by atoms with van der Waals surface area (Å²) in [6.07, 6.45) is 4.87. The number of hydrogen-bond acceptors (Lipinski definition) is 3. The van der Waals surface area contributed by atoms with E-state index in [-0.39, 0.29) is 17.3 Å². The van der Waals surface area contributed by atoms with Gasteiger partial charge in [0, 0.05) is 5.41 Å². The summed E-state index contributed by atoms with van der Waals surface area (Å²) in [5, 5.41) is 8.51. The maximum absolute atomic E-state index is 11.5. The lowest BCUT2D eigenvalue weighted by atomic mass is 9.77. The van der Waals surface area contributed by atoms with Crippen molar-refractivity contribution in [2.24, 2.45) is 5.41 Å². The molecule has 4 heteroatoms. The topological polar surface area (TPSA) is 63.6 Å². The first-order valence-corrected chi connectivity index (χ1v) is 5.51. The summed E-state index contributed by atoms with van der Waals surface area (Å²) in [6.45, 7) is 3.57. The Bertz CT molecular complexity index is 308. The van der Waals surface area contributed by atoms with E-state index in [9.17, 15) is 9.59 Å². The third-order valence-corrected chi connectivity index (χ3v) is 3.24. The van der Waals surface area contributed by atoms with Gasteiger partial charge in [0.25, 0.3) is 0 Å². The Kier molecular flexibility index (Phi) is 4.10. The van der Waals surface area contributed by atoms with Crippen molar-refractivity contribution in [3.05, 3.63) is 12.2 Å². The molecular weight excluding hydrogens is 208 g/mol. The van der Waals surface area contributed by atoms with E-state index < -0.39 is 6.16 Å². The SMILES string of the molecule is CC(=O)C1(C)CC=CC(OC(=O)O)CCC1. The van der Waals surface area contributed by atoms with Gasteiger partial charge in [-0.15, -0.1) is 0 Å². The fourth-order valence-corrected chi connectivity index (χ4v) is 1.92. The van der Waals surface area contributed by atoms with Gasteiger partial charge >= 0.3 is 6.16 Å². The highest BCUT2D eigenvalue weighted by Crippen LogP contribution is 2.32. The minimum Gasteiger partial charge on any atom is -0.450 e. The highest BCUT2D eigenvalue weighted by atomic mass is 16.7. The zero-order valence-electron chi connectivity index (χ0n) is 9.73. The molecule has 0 bridgehead atoms. The molecule has 1 aliphatic carbocycles. The van der Waals surface area contributed by atoms with Crippen molar-refractivity contribution >= 4 is 11.9 Å². The molecule has 0 amide bonds. The van der Waals surface area contributed by atoms with Gasteiger partial charge in [-0.3, -0.25) is 4.79 Å². The van der Waals surface area contributed by atoms with Crippen molar-refractivity contribution in [3.63, 3.8) is 0 Å². The average molecular weight is 226 g/mol. The summed E-state index contributed by atoms with van der Waals surface area (Å²) in [7, 11) is 0. The van der Waals surface area contributed by atoms with Gasteiger partial charge in [-0.05, 0) is 38.7 Å². The van der Waals surface area contributed by atoms with Gasteiger partial charge in [-0.25, -0.2) is 4.79 Å². The Hall–Kier alpha value is -1.32. The lowest BCUT2D eigenvalue weighted by Gasteiger charge is -2.27. The molecule has 1 N–H and O–H groups in total. The van der Waals surface area contributed by atoms with Crippen molar-refractivity contribution in [1.82, 2.24) is 0 Å². The van der Waals surface area contributed by atoms with Gasteiger partial charge in [0.2, 0.25) is 0 Å². The molecular formula is C12H18O4. The van der Waals surface area contributed by atoms with Crippen molar-refractivity contribution in [3.8, 4) is 0 Å². The quantitative estimate of drug-likeness (QED) is 0.581. The van der Waals surface area contributed by atoms with Crippen LogP contribution in [0.1, 0.15) is 39.5 Å². The molecule has 0 spiro atoms. The van der Waals surface area contributed by atoms with Crippen LogP contribution in [-0.2, 0) is 9.53 Å². The van der Waals surface area contributed by atoms with Crippen LogP contribution >= 0.6 is 0 Å². The summed E-state index contributed by atoms with van der Waals surface area (Å²) in [5.41, 5.74) is -0.301. The largest absolute Gasteiger partial charge is 0.506 e. The predicted octanol–water partition coefficient (Wildman–Crippen LogP) is 2.78. The molecule has 0 aromatic rings. The fourth-order valence-electron chi connectivity index (χ4n) is 1.92. The number of carbonyl (C=O) groups is 2. The van der Waals surface area contributed by atoms with E-state index in [1.807, 2.05) is 13.0 Å². The van der Waals surface area contributed by atoms with Crippen LogP contribution in [0.4, 0.5) is 4.79 Å². The number of Topliss-reactive ketones (excluding diaryl/α,β-unsaturated/α-hetero) is 1. The first-order chi connectivity index (χ1) is 7.44. The van der Waals surface area contributed by atoms with Gasteiger partial charge in [0.15, 0.2) is 0 Å². The standard InChI is InChI=1S/C12H18O4/c1-9(13)12(2)7-3-5-10(6-4-8-12)16-11(14)15/h3,5,10H,4,6-8H2,1-2H3,(H,14,15). The average Bonchev–Trinajstić information content (AvgIpc) is 2.13. The number of hydrogen-bond donors (Lipinski definition) is 1. The summed E-state index contributed by atoms with van der Waals surface area (Å²) in [6, 6.07) is 0. The number of carbonyl (C=O) groups excluding carboxylic acids is 1. The molecule has 0 radical (unpaired) electrons. The van der Waals surface area contributed by atoms with Crippen LogP contribution in [0.2, 0.25) is 0 Å². The van der Waals surface area contributed by atoms with Gasteiger partial charge < -0.3 is 9.84 Å². The number of allylic oxidation sites excluding steroid dienone is 1. The molecule has 0 heterocycles. The summed E-state index contributed by atoms with van der Waals surface area (Å²) in [5.74, 6) is 0.190. The third kappa shape index (κ3) is 3.36. The van der Waals surface area contributed by atoms with Crippen LogP contribution in [0, 0.1) is 5.41 Å². The van der Waals surface area contributed by atoms with E-state index >= 15 is 0 Å². The van der Waals surface area contributed by atoms with Crippen molar-refractivity contribution in [1.29, 1.82) is 0 Å². The van der Waals surface area contributed by atoms with Gasteiger partial charge in [0.05, 0.1) is 0 Å². The van der Waals surface area contributed by atoms with E-state index in [0.29, 0.717) is 12.8 Å². The Morgan fingerprint density at radius 3 is 2.75 bits per heavy atom. The lowest BCUT2D eigenvalue weighted by molar-refractivity contribution is -0.126. The van der Waals surface area contributed by atoms with E-state index in [0.717, 1.165) is 12.8 Å². The number of rotatable bonds is 2. The molecule has 0 saturated carbocycles. The van der Waals surface area contributed by atoms with Crippen molar-refractivity contribution in [2.75, 3.05) is 0 Å². The normalized spacial score (nSPS) is 30.2. The highest BCUT2D eigenvalue weighted by Gasteiger charge is 2.29. The molecule has 2 atom stereocenters. The molecule has 1 rings (SSSR count). The van der Waals surface area contributed by atoms with Crippen LogP contribution in [0.15, 0.2) is 12.2 Å². The van der Waals surface area contributed by atoms with E-state index in [4.69, 9.17) is 9.84 Å². The van der Waals surface area contributed by atoms with Crippen LogP contribution in [0.25, 0.3) is 0 Å². The molecule has 0 saturated heterocycles. The lowest BCUT2D eigenvalue weighted by Crippen LogP contribution is -2.27. The summed E-state index contributed by atoms with van der Waals surface area (Å²) in [4.78, 5) is 21.9. The highest BCUT2D eigenvalue weighted by molar-refractivity contribution is 5.82. The predicted molar refractivity (Wildman–Crippen MR) is 59.3 cm³/mol. The summed E-state index contributed by atoms with van der Waals surface area (Å²) < 4.78 is 4.70. The first-order valence-electron chi connectivity index (χ1n) is 5.51. The molecule has 0 aromatic carbocycles. The molecule has 0 fully saturated rings. The zero-order chi connectivity index (χ0) is 12.2. The molecule has 0 aromatic heterocycles. The number of ether oxygens (including phenoxy) is 1. The third-order valence-electron chi connectivity index (χ3n) is 3.24. The molecule has 1 aliphatic rings. The second-order valence-electron chi connectivity index (χ2n) is 4.56. The first kappa shape index (κ1) is 12.7. The van der Waals surface area contributed by atoms with Crippen molar-refractivity contribution in [2.45, 2.75) is 45.6 Å².